The zero-order chi connectivity index (χ0) is 13.7. The second-order valence-corrected chi connectivity index (χ2v) is 6.14. The SMILES string of the molecule is Bc1ccc2c(c1)C(=O)N(c1ccc3sccc3c1)C2. The van der Waals surface area contributed by atoms with E-state index in [-0.39, 0.29) is 5.91 Å². The van der Waals surface area contributed by atoms with Crippen molar-refractivity contribution in [2.75, 3.05) is 4.90 Å². The minimum atomic E-state index is 0.110. The number of fused-ring (bicyclic) bond motifs is 2. The van der Waals surface area contributed by atoms with Crippen LogP contribution in [0.1, 0.15) is 15.9 Å². The first-order valence-corrected chi connectivity index (χ1v) is 7.49. The van der Waals surface area contributed by atoms with Crippen molar-refractivity contribution in [1.82, 2.24) is 0 Å². The van der Waals surface area contributed by atoms with Crippen LogP contribution >= 0.6 is 11.3 Å². The molecule has 0 radical (unpaired) electrons. The van der Waals surface area contributed by atoms with Gasteiger partial charge in [-0.1, -0.05) is 23.7 Å². The highest BCUT2D eigenvalue weighted by molar-refractivity contribution is 7.17. The van der Waals surface area contributed by atoms with Crippen LogP contribution in [-0.4, -0.2) is 13.8 Å². The quantitative estimate of drug-likeness (QED) is 0.625. The fourth-order valence-electron chi connectivity index (χ4n) is 2.75. The average molecular weight is 277 g/mol. The van der Waals surface area contributed by atoms with Crippen molar-refractivity contribution in [2.24, 2.45) is 0 Å². The van der Waals surface area contributed by atoms with Gasteiger partial charge in [0.2, 0.25) is 0 Å². The van der Waals surface area contributed by atoms with Gasteiger partial charge in [-0.05, 0) is 40.6 Å². The highest BCUT2D eigenvalue weighted by Crippen LogP contribution is 2.31. The summed E-state index contributed by atoms with van der Waals surface area (Å²) in [6, 6.07) is 14.4. The second-order valence-electron chi connectivity index (χ2n) is 5.19. The molecule has 3 aromatic rings. The Morgan fingerprint density at radius 3 is 2.90 bits per heavy atom. The van der Waals surface area contributed by atoms with E-state index in [0.29, 0.717) is 6.54 Å². The van der Waals surface area contributed by atoms with E-state index in [4.69, 9.17) is 0 Å². The van der Waals surface area contributed by atoms with E-state index in [2.05, 4.69) is 35.7 Å². The summed E-state index contributed by atoms with van der Waals surface area (Å²) in [6.07, 6.45) is 0. The fourth-order valence-corrected chi connectivity index (χ4v) is 3.52. The van der Waals surface area contributed by atoms with E-state index in [1.54, 1.807) is 11.3 Å². The Morgan fingerprint density at radius 1 is 1.10 bits per heavy atom. The third-order valence-electron chi connectivity index (χ3n) is 3.82. The third kappa shape index (κ3) is 1.68. The summed E-state index contributed by atoms with van der Waals surface area (Å²) in [5.41, 5.74) is 4.07. The van der Waals surface area contributed by atoms with Crippen LogP contribution in [0.3, 0.4) is 0 Å². The molecule has 0 unspecified atom stereocenters. The van der Waals surface area contributed by atoms with E-state index in [9.17, 15) is 4.79 Å². The molecule has 1 aromatic heterocycles. The summed E-state index contributed by atoms with van der Waals surface area (Å²) < 4.78 is 1.26. The topological polar surface area (TPSA) is 20.3 Å². The maximum atomic E-state index is 12.6. The third-order valence-corrected chi connectivity index (χ3v) is 4.71. The summed E-state index contributed by atoms with van der Waals surface area (Å²) in [7, 11) is 2.02. The monoisotopic (exact) mass is 277 g/mol. The zero-order valence-corrected chi connectivity index (χ0v) is 11.9. The zero-order valence-electron chi connectivity index (χ0n) is 11.1. The molecule has 0 fully saturated rings. The first kappa shape index (κ1) is 11.7. The van der Waals surface area contributed by atoms with E-state index < -0.39 is 0 Å². The fraction of sp³-hybridized carbons (Fsp3) is 0.0625. The Hall–Kier alpha value is -2.07. The standard InChI is InChI=1S/C16H12BNOS/c17-12-2-1-11-9-18(16(19)14(11)8-12)13-3-4-15-10(7-13)5-6-20-15/h1-8H,9,17H2. The minimum Gasteiger partial charge on any atom is -0.304 e. The average Bonchev–Trinajstić information content (AvgIpc) is 3.03. The Bertz CT molecular complexity index is 839. The molecule has 2 nitrogen and oxygen atoms in total. The highest BCUT2D eigenvalue weighted by Gasteiger charge is 2.28. The number of hydrogen-bond donors (Lipinski definition) is 0. The number of hydrogen-bond acceptors (Lipinski definition) is 2. The van der Waals surface area contributed by atoms with E-state index in [1.165, 1.54) is 10.1 Å². The number of nitrogens with zero attached hydrogens (tertiary/aromatic N) is 1. The maximum absolute atomic E-state index is 12.6. The van der Waals surface area contributed by atoms with Crippen LogP contribution in [0.5, 0.6) is 0 Å². The van der Waals surface area contributed by atoms with E-state index in [1.807, 2.05) is 24.9 Å². The van der Waals surface area contributed by atoms with Gasteiger partial charge >= 0.3 is 0 Å². The first-order chi connectivity index (χ1) is 9.72. The lowest BCUT2D eigenvalue weighted by molar-refractivity contribution is 0.0996. The number of rotatable bonds is 1. The number of carbonyl (C=O) groups excluding carboxylic acids is 1. The number of amides is 1. The van der Waals surface area contributed by atoms with Crippen molar-refractivity contribution >= 4 is 46.3 Å². The van der Waals surface area contributed by atoms with Crippen LogP contribution < -0.4 is 10.4 Å². The van der Waals surface area contributed by atoms with Crippen LogP contribution in [0.25, 0.3) is 10.1 Å². The van der Waals surface area contributed by atoms with Gasteiger partial charge < -0.3 is 4.90 Å². The van der Waals surface area contributed by atoms with Crippen LogP contribution in [0, 0.1) is 0 Å². The number of benzene rings is 2. The first-order valence-electron chi connectivity index (χ1n) is 6.61. The minimum absolute atomic E-state index is 0.110. The van der Waals surface area contributed by atoms with Gasteiger partial charge in [-0.15, -0.1) is 11.3 Å². The van der Waals surface area contributed by atoms with Gasteiger partial charge in [0.15, 0.2) is 0 Å². The van der Waals surface area contributed by atoms with Crippen LogP contribution in [0.15, 0.2) is 47.8 Å². The summed E-state index contributed by atoms with van der Waals surface area (Å²) in [6.45, 7) is 0.671. The molecule has 4 heteroatoms. The second kappa shape index (κ2) is 4.22. The predicted molar refractivity (Wildman–Crippen MR) is 87.0 cm³/mol. The Morgan fingerprint density at radius 2 is 2.00 bits per heavy atom. The smallest absolute Gasteiger partial charge is 0.258 e. The molecule has 0 aliphatic carbocycles. The van der Waals surface area contributed by atoms with Crippen molar-refractivity contribution in [3.63, 3.8) is 0 Å². The number of thiophene rings is 1. The Labute approximate surface area is 122 Å². The van der Waals surface area contributed by atoms with Crippen molar-refractivity contribution in [3.8, 4) is 0 Å². The normalized spacial score (nSPS) is 14.0. The number of carbonyl (C=O) groups is 1. The molecule has 4 rings (SSSR count). The van der Waals surface area contributed by atoms with Gasteiger partial charge in [-0.2, -0.15) is 0 Å². The summed E-state index contributed by atoms with van der Waals surface area (Å²) in [5, 5.41) is 3.28. The Kier molecular flexibility index (Phi) is 2.47. The van der Waals surface area contributed by atoms with Gasteiger partial charge in [0.25, 0.3) is 5.91 Å². The highest BCUT2D eigenvalue weighted by atomic mass is 32.1. The van der Waals surface area contributed by atoms with Gasteiger partial charge in [0, 0.05) is 16.0 Å². The van der Waals surface area contributed by atoms with Crippen molar-refractivity contribution in [3.05, 3.63) is 59.0 Å². The molecule has 0 saturated heterocycles. The largest absolute Gasteiger partial charge is 0.304 e. The summed E-state index contributed by atoms with van der Waals surface area (Å²) in [4.78, 5) is 14.4. The lowest BCUT2D eigenvalue weighted by atomic mass is 9.93. The molecule has 1 aliphatic rings. The molecule has 20 heavy (non-hydrogen) atoms. The molecule has 1 amide bonds. The van der Waals surface area contributed by atoms with E-state index >= 15 is 0 Å². The van der Waals surface area contributed by atoms with Crippen molar-refractivity contribution < 1.29 is 4.79 Å². The molecule has 0 N–H and O–H groups in total. The van der Waals surface area contributed by atoms with Gasteiger partial charge in [-0.3, -0.25) is 4.79 Å². The van der Waals surface area contributed by atoms with Gasteiger partial charge in [0.05, 0.1) is 6.54 Å². The molecule has 1 aliphatic heterocycles. The van der Waals surface area contributed by atoms with Gasteiger partial charge in [0.1, 0.15) is 7.85 Å². The maximum Gasteiger partial charge on any atom is 0.258 e. The van der Waals surface area contributed by atoms with Crippen LogP contribution in [0.4, 0.5) is 5.69 Å². The van der Waals surface area contributed by atoms with E-state index in [0.717, 1.165) is 22.3 Å². The van der Waals surface area contributed by atoms with Crippen molar-refractivity contribution in [2.45, 2.75) is 6.54 Å². The molecule has 2 aromatic carbocycles. The Balaban J connectivity index is 1.79. The lowest BCUT2D eigenvalue weighted by Crippen LogP contribution is -2.23. The molecule has 0 bridgehead atoms. The summed E-state index contributed by atoms with van der Waals surface area (Å²) >= 11 is 1.73. The molecular weight excluding hydrogens is 265 g/mol. The van der Waals surface area contributed by atoms with Crippen LogP contribution in [0.2, 0.25) is 0 Å². The molecule has 2 heterocycles. The molecular formula is C16H12BNOS. The molecule has 0 atom stereocenters. The molecule has 0 saturated carbocycles. The summed E-state index contributed by atoms with van der Waals surface area (Å²) in [5.74, 6) is 0.110. The van der Waals surface area contributed by atoms with Crippen LogP contribution in [-0.2, 0) is 6.54 Å². The number of anilines is 1. The molecule has 96 valence electrons. The molecule has 0 spiro atoms. The predicted octanol–water partition coefficient (Wildman–Crippen LogP) is 2.32. The van der Waals surface area contributed by atoms with Crippen molar-refractivity contribution in [1.29, 1.82) is 0 Å². The van der Waals surface area contributed by atoms with Gasteiger partial charge in [-0.25, -0.2) is 0 Å². The lowest BCUT2D eigenvalue weighted by Gasteiger charge is -2.15.